The maximum absolute atomic E-state index is 4.04. The van der Waals surface area contributed by atoms with E-state index < -0.39 is 0 Å². The molecule has 16 heavy (non-hydrogen) atoms. The Hall–Kier alpha value is -0.800. The minimum atomic E-state index is 0. The smallest absolute Gasteiger partial charge is 0.0394 e. The molecule has 1 saturated heterocycles. The largest absolute Gasteiger partial charge is 0.374 e. The average molecular weight is 242 g/mol. The first kappa shape index (κ1) is 13.3. The molecule has 0 amide bonds. The quantitative estimate of drug-likeness (QED) is 0.877. The van der Waals surface area contributed by atoms with Crippen LogP contribution in [-0.2, 0) is 0 Å². The van der Waals surface area contributed by atoms with Crippen LogP contribution in [0.15, 0.2) is 24.5 Å². The van der Waals surface area contributed by atoms with Crippen molar-refractivity contribution in [3.05, 3.63) is 24.5 Å². The summed E-state index contributed by atoms with van der Waals surface area (Å²) in [6.07, 6.45) is 6.31. The highest BCUT2D eigenvalue weighted by molar-refractivity contribution is 5.85. The third-order valence-electron chi connectivity index (χ3n) is 3.09. The van der Waals surface area contributed by atoms with Gasteiger partial charge in [0.2, 0.25) is 0 Å². The fourth-order valence-corrected chi connectivity index (χ4v) is 2.16. The molecule has 1 aliphatic heterocycles. The Labute approximate surface area is 104 Å². The van der Waals surface area contributed by atoms with Crippen molar-refractivity contribution in [1.82, 2.24) is 10.3 Å². The summed E-state index contributed by atoms with van der Waals surface area (Å²) in [6.45, 7) is 3.51. The molecule has 0 unspecified atom stereocenters. The number of aromatic nitrogens is 1. The van der Waals surface area contributed by atoms with Gasteiger partial charge in [0.25, 0.3) is 0 Å². The monoisotopic (exact) mass is 241 g/mol. The number of pyridine rings is 1. The molecule has 0 atom stereocenters. The van der Waals surface area contributed by atoms with Crippen LogP contribution in [0.1, 0.15) is 12.8 Å². The predicted molar refractivity (Wildman–Crippen MR) is 70.3 cm³/mol. The van der Waals surface area contributed by atoms with Gasteiger partial charge in [0.05, 0.1) is 0 Å². The number of nitrogens with one attached hydrogen (secondary N) is 1. The first-order valence-electron chi connectivity index (χ1n) is 5.68. The van der Waals surface area contributed by atoms with Crippen LogP contribution < -0.4 is 10.2 Å². The second-order valence-electron chi connectivity index (χ2n) is 4.28. The van der Waals surface area contributed by atoms with Gasteiger partial charge in [-0.25, -0.2) is 0 Å². The number of hydrogen-bond donors (Lipinski definition) is 1. The Bertz CT molecular complexity index is 286. The molecule has 90 valence electrons. The lowest BCUT2D eigenvalue weighted by atomic mass is 9.97. The lowest BCUT2D eigenvalue weighted by molar-refractivity contribution is 0.378. The van der Waals surface area contributed by atoms with Gasteiger partial charge in [-0.2, -0.15) is 0 Å². The van der Waals surface area contributed by atoms with E-state index in [1.165, 1.54) is 31.6 Å². The minimum absolute atomic E-state index is 0. The minimum Gasteiger partial charge on any atom is -0.374 e. The van der Waals surface area contributed by atoms with Gasteiger partial charge in [0.1, 0.15) is 0 Å². The zero-order valence-electron chi connectivity index (χ0n) is 9.72. The number of rotatable bonds is 3. The van der Waals surface area contributed by atoms with Crippen molar-refractivity contribution in [3.63, 3.8) is 0 Å². The Balaban J connectivity index is 0.00000128. The van der Waals surface area contributed by atoms with Gasteiger partial charge >= 0.3 is 0 Å². The maximum atomic E-state index is 4.04. The second-order valence-corrected chi connectivity index (χ2v) is 4.28. The van der Waals surface area contributed by atoms with Crippen LogP contribution in [0.25, 0.3) is 0 Å². The summed E-state index contributed by atoms with van der Waals surface area (Å²) in [7, 11) is 2.16. The topological polar surface area (TPSA) is 28.2 Å². The van der Waals surface area contributed by atoms with E-state index in [0.29, 0.717) is 0 Å². The van der Waals surface area contributed by atoms with Gasteiger partial charge in [-0.15, -0.1) is 12.4 Å². The normalized spacial score (nSPS) is 16.6. The molecule has 2 heterocycles. The van der Waals surface area contributed by atoms with Gasteiger partial charge in [-0.3, -0.25) is 4.98 Å². The molecule has 0 aromatic carbocycles. The van der Waals surface area contributed by atoms with Gasteiger partial charge in [-0.05, 0) is 44.0 Å². The van der Waals surface area contributed by atoms with Crippen LogP contribution in [0.4, 0.5) is 5.69 Å². The molecule has 1 fully saturated rings. The summed E-state index contributed by atoms with van der Waals surface area (Å²) in [4.78, 5) is 6.37. The molecular weight excluding hydrogens is 222 g/mol. The molecule has 1 aromatic rings. The number of anilines is 1. The summed E-state index contributed by atoms with van der Waals surface area (Å²) in [5.41, 5.74) is 1.27. The standard InChI is InChI=1S/C12H19N3.ClH/c1-15(12-4-8-14-9-5-12)10-11-2-6-13-7-3-11;/h4-5,8-9,11,13H,2-3,6-7,10H2,1H3;1H. The van der Waals surface area contributed by atoms with Crippen molar-refractivity contribution in [2.75, 3.05) is 31.6 Å². The molecule has 2 rings (SSSR count). The molecule has 1 aliphatic rings. The van der Waals surface area contributed by atoms with Crippen LogP contribution in [0.3, 0.4) is 0 Å². The van der Waals surface area contributed by atoms with Crippen LogP contribution in [0.5, 0.6) is 0 Å². The SMILES string of the molecule is CN(CC1CCNCC1)c1ccncc1.Cl. The number of nitrogens with zero attached hydrogens (tertiary/aromatic N) is 2. The Morgan fingerprint density at radius 2 is 1.94 bits per heavy atom. The molecule has 3 nitrogen and oxygen atoms in total. The second kappa shape index (κ2) is 6.71. The molecular formula is C12H20ClN3. The highest BCUT2D eigenvalue weighted by Crippen LogP contribution is 2.17. The molecule has 0 saturated carbocycles. The summed E-state index contributed by atoms with van der Waals surface area (Å²) < 4.78 is 0. The van der Waals surface area contributed by atoms with Crippen molar-refractivity contribution in [2.24, 2.45) is 5.92 Å². The third kappa shape index (κ3) is 3.65. The van der Waals surface area contributed by atoms with Gasteiger partial charge in [0, 0.05) is 31.7 Å². The average Bonchev–Trinajstić information content (AvgIpc) is 2.31. The first-order valence-corrected chi connectivity index (χ1v) is 5.68. The molecule has 1 N–H and O–H groups in total. The van der Waals surface area contributed by atoms with Crippen LogP contribution in [0.2, 0.25) is 0 Å². The third-order valence-corrected chi connectivity index (χ3v) is 3.09. The Morgan fingerprint density at radius 3 is 2.56 bits per heavy atom. The van der Waals surface area contributed by atoms with Crippen molar-refractivity contribution >= 4 is 18.1 Å². The van der Waals surface area contributed by atoms with Crippen molar-refractivity contribution < 1.29 is 0 Å². The van der Waals surface area contributed by atoms with Crippen LogP contribution >= 0.6 is 12.4 Å². The lowest BCUT2D eigenvalue weighted by Crippen LogP contribution is -2.34. The Kier molecular flexibility index (Phi) is 5.56. The van der Waals surface area contributed by atoms with Gasteiger partial charge < -0.3 is 10.2 Å². The van der Waals surface area contributed by atoms with E-state index in [9.17, 15) is 0 Å². The Morgan fingerprint density at radius 1 is 1.31 bits per heavy atom. The fraction of sp³-hybridized carbons (Fsp3) is 0.583. The number of hydrogen-bond acceptors (Lipinski definition) is 3. The van der Waals surface area contributed by atoms with E-state index in [1.54, 1.807) is 0 Å². The van der Waals surface area contributed by atoms with Crippen LogP contribution in [-0.4, -0.2) is 31.7 Å². The van der Waals surface area contributed by atoms with E-state index in [2.05, 4.69) is 34.4 Å². The van der Waals surface area contributed by atoms with Crippen molar-refractivity contribution in [2.45, 2.75) is 12.8 Å². The predicted octanol–water partition coefficient (Wildman–Crippen LogP) is 1.94. The molecule has 0 spiro atoms. The van der Waals surface area contributed by atoms with Gasteiger partial charge in [-0.1, -0.05) is 0 Å². The summed E-state index contributed by atoms with van der Waals surface area (Å²) >= 11 is 0. The molecule has 0 bridgehead atoms. The molecule has 1 aromatic heterocycles. The van der Waals surface area contributed by atoms with E-state index in [1.807, 2.05) is 12.4 Å². The first-order chi connectivity index (χ1) is 7.36. The van der Waals surface area contributed by atoms with Crippen LogP contribution in [0, 0.1) is 5.92 Å². The summed E-state index contributed by atoms with van der Waals surface area (Å²) in [5, 5.41) is 3.40. The van der Waals surface area contributed by atoms with Crippen molar-refractivity contribution in [1.29, 1.82) is 0 Å². The molecule has 0 aliphatic carbocycles. The van der Waals surface area contributed by atoms with Crippen molar-refractivity contribution in [3.8, 4) is 0 Å². The zero-order valence-corrected chi connectivity index (χ0v) is 10.5. The van der Waals surface area contributed by atoms with Gasteiger partial charge in [0.15, 0.2) is 0 Å². The number of halogens is 1. The highest BCUT2D eigenvalue weighted by Gasteiger charge is 2.14. The highest BCUT2D eigenvalue weighted by atomic mass is 35.5. The fourth-order valence-electron chi connectivity index (χ4n) is 2.16. The molecule has 0 radical (unpaired) electrons. The lowest BCUT2D eigenvalue weighted by Gasteiger charge is -2.28. The zero-order chi connectivity index (χ0) is 10.5. The van der Waals surface area contributed by atoms with E-state index in [-0.39, 0.29) is 12.4 Å². The number of piperidine rings is 1. The molecule has 4 heteroatoms. The summed E-state index contributed by atoms with van der Waals surface area (Å²) in [6, 6.07) is 4.14. The summed E-state index contributed by atoms with van der Waals surface area (Å²) in [5.74, 6) is 0.837. The van der Waals surface area contributed by atoms with E-state index >= 15 is 0 Å². The van der Waals surface area contributed by atoms with E-state index in [0.717, 1.165) is 12.5 Å². The maximum Gasteiger partial charge on any atom is 0.0394 e. The van der Waals surface area contributed by atoms with E-state index in [4.69, 9.17) is 0 Å².